The van der Waals surface area contributed by atoms with Crippen LogP contribution >= 0.6 is 0 Å². The molecule has 0 bridgehead atoms. The van der Waals surface area contributed by atoms with E-state index in [4.69, 9.17) is 9.84 Å². The summed E-state index contributed by atoms with van der Waals surface area (Å²) in [6.07, 6.45) is 2.78. The molecular formula is C16H21NO3. The van der Waals surface area contributed by atoms with Gasteiger partial charge in [0.15, 0.2) is 0 Å². The fourth-order valence-corrected chi connectivity index (χ4v) is 2.47. The minimum atomic E-state index is -0.926. The lowest BCUT2D eigenvalue weighted by atomic mass is 10.1. The molecule has 1 N–H and O–H groups in total. The topological polar surface area (TPSA) is 49.8 Å². The van der Waals surface area contributed by atoms with Crippen LogP contribution in [-0.2, 0) is 16.1 Å². The Morgan fingerprint density at radius 2 is 2.30 bits per heavy atom. The molecule has 0 amide bonds. The van der Waals surface area contributed by atoms with Gasteiger partial charge in [0.25, 0.3) is 0 Å². The molecule has 1 fully saturated rings. The molecule has 0 unspecified atom stereocenters. The molecule has 1 saturated heterocycles. The average molecular weight is 275 g/mol. The Kier molecular flexibility index (Phi) is 4.57. The van der Waals surface area contributed by atoms with E-state index in [1.54, 1.807) is 6.08 Å². The number of rotatable bonds is 4. The molecular weight excluding hydrogens is 254 g/mol. The van der Waals surface area contributed by atoms with Gasteiger partial charge in [-0.15, -0.1) is 0 Å². The maximum Gasteiger partial charge on any atom is 0.328 e. The van der Waals surface area contributed by atoms with Crippen molar-refractivity contribution >= 4 is 12.0 Å². The second-order valence-corrected chi connectivity index (χ2v) is 5.74. The van der Waals surface area contributed by atoms with Gasteiger partial charge in [-0.1, -0.05) is 24.3 Å². The van der Waals surface area contributed by atoms with Gasteiger partial charge in [0.05, 0.1) is 12.2 Å². The third kappa shape index (κ3) is 4.47. The number of carboxylic acids is 1. The first kappa shape index (κ1) is 14.8. The molecule has 1 aliphatic rings. The molecule has 20 heavy (non-hydrogen) atoms. The fourth-order valence-electron chi connectivity index (χ4n) is 2.47. The van der Waals surface area contributed by atoms with Crippen molar-refractivity contribution in [2.24, 2.45) is 0 Å². The van der Waals surface area contributed by atoms with E-state index in [1.807, 2.05) is 18.2 Å². The smallest absolute Gasteiger partial charge is 0.328 e. The van der Waals surface area contributed by atoms with E-state index in [0.717, 1.165) is 37.9 Å². The Labute approximate surface area is 119 Å². The van der Waals surface area contributed by atoms with Crippen LogP contribution in [0, 0.1) is 0 Å². The summed E-state index contributed by atoms with van der Waals surface area (Å²) in [5, 5.41) is 8.65. The number of hydrogen-bond donors (Lipinski definition) is 1. The minimum Gasteiger partial charge on any atom is -0.478 e. The Bertz CT molecular complexity index is 508. The fraction of sp³-hybridized carbons (Fsp3) is 0.438. The van der Waals surface area contributed by atoms with Gasteiger partial charge < -0.3 is 9.84 Å². The Morgan fingerprint density at radius 1 is 1.50 bits per heavy atom. The summed E-state index contributed by atoms with van der Waals surface area (Å²) in [6.45, 7) is 7.66. The van der Waals surface area contributed by atoms with Crippen LogP contribution in [0.1, 0.15) is 25.0 Å². The van der Waals surface area contributed by atoms with E-state index in [1.165, 1.54) is 5.56 Å². The molecule has 0 aliphatic carbocycles. The molecule has 0 aromatic heterocycles. The number of hydrogen-bond acceptors (Lipinski definition) is 3. The largest absolute Gasteiger partial charge is 0.478 e. The monoisotopic (exact) mass is 275 g/mol. The number of carbonyl (C=O) groups is 1. The van der Waals surface area contributed by atoms with Crippen LogP contribution in [0.3, 0.4) is 0 Å². The molecule has 0 spiro atoms. The SMILES string of the molecule is CC1(C)CN(Cc2cccc(C=CC(=O)O)c2)CCO1. The predicted octanol–water partition coefficient (Wildman–Crippen LogP) is 2.40. The summed E-state index contributed by atoms with van der Waals surface area (Å²) in [7, 11) is 0. The third-order valence-electron chi connectivity index (χ3n) is 3.28. The number of aliphatic carboxylic acids is 1. The molecule has 108 valence electrons. The van der Waals surface area contributed by atoms with Gasteiger partial charge in [0.1, 0.15) is 0 Å². The standard InChI is InChI=1S/C16H21NO3/c1-16(2)12-17(8-9-20-16)11-14-5-3-4-13(10-14)6-7-15(18)19/h3-7,10H,8-9,11-12H2,1-2H3,(H,18,19). The lowest BCUT2D eigenvalue weighted by Gasteiger charge is -2.38. The van der Waals surface area contributed by atoms with Crippen molar-refractivity contribution < 1.29 is 14.6 Å². The van der Waals surface area contributed by atoms with Gasteiger partial charge in [-0.25, -0.2) is 4.79 Å². The molecule has 1 aromatic carbocycles. The van der Waals surface area contributed by atoms with E-state index in [2.05, 4.69) is 24.8 Å². The summed E-state index contributed by atoms with van der Waals surface area (Å²) >= 11 is 0. The summed E-state index contributed by atoms with van der Waals surface area (Å²) in [6, 6.07) is 7.97. The summed E-state index contributed by atoms with van der Waals surface area (Å²) < 4.78 is 5.70. The Morgan fingerprint density at radius 3 is 3.00 bits per heavy atom. The van der Waals surface area contributed by atoms with Crippen molar-refractivity contribution in [3.05, 3.63) is 41.5 Å². The quantitative estimate of drug-likeness (QED) is 0.857. The van der Waals surface area contributed by atoms with Crippen LogP contribution in [0.4, 0.5) is 0 Å². The lowest BCUT2D eigenvalue weighted by molar-refractivity contribution is -0.131. The van der Waals surface area contributed by atoms with Crippen LogP contribution < -0.4 is 0 Å². The Balaban J connectivity index is 2.02. The van der Waals surface area contributed by atoms with E-state index in [0.29, 0.717) is 0 Å². The molecule has 4 heteroatoms. The second kappa shape index (κ2) is 6.20. The first-order valence-electron chi connectivity index (χ1n) is 6.81. The number of benzene rings is 1. The van der Waals surface area contributed by atoms with E-state index < -0.39 is 5.97 Å². The molecule has 1 heterocycles. The maximum absolute atomic E-state index is 10.5. The van der Waals surface area contributed by atoms with Crippen molar-refractivity contribution in [1.29, 1.82) is 0 Å². The molecule has 1 aliphatic heterocycles. The summed E-state index contributed by atoms with van der Waals surface area (Å²) in [5.41, 5.74) is 2.01. The van der Waals surface area contributed by atoms with Gasteiger partial charge >= 0.3 is 5.97 Å². The van der Waals surface area contributed by atoms with Gasteiger partial charge in [-0.3, -0.25) is 4.90 Å². The molecule has 0 atom stereocenters. The Hall–Kier alpha value is -1.65. The van der Waals surface area contributed by atoms with Gasteiger partial charge in [-0.2, -0.15) is 0 Å². The third-order valence-corrected chi connectivity index (χ3v) is 3.28. The van der Waals surface area contributed by atoms with Crippen molar-refractivity contribution in [3.63, 3.8) is 0 Å². The highest BCUT2D eigenvalue weighted by Gasteiger charge is 2.26. The van der Waals surface area contributed by atoms with Crippen LogP contribution in [0.5, 0.6) is 0 Å². The zero-order chi connectivity index (χ0) is 14.6. The first-order valence-corrected chi connectivity index (χ1v) is 6.81. The van der Waals surface area contributed by atoms with Gasteiger partial charge in [0, 0.05) is 25.7 Å². The number of nitrogens with zero attached hydrogens (tertiary/aromatic N) is 1. The normalized spacial score (nSPS) is 19.3. The van der Waals surface area contributed by atoms with Crippen molar-refractivity contribution in [3.8, 4) is 0 Å². The minimum absolute atomic E-state index is 0.0981. The van der Waals surface area contributed by atoms with E-state index in [9.17, 15) is 4.79 Å². The second-order valence-electron chi connectivity index (χ2n) is 5.74. The van der Waals surface area contributed by atoms with E-state index in [-0.39, 0.29) is 5.60 Å². The molecule has 2 rings (SSSR count). The van der Waals surface area contributed by atoms with Gasteiger partial charge in [-0.05, 0) is 31.1 Å². The van der Waals surface area contributed by atoms with Gasteiger partial charge in [0.2, 0.25) is 0 Å². The number of ether oxygens (including phenoxy) is 1. The van der Waals surface area contributed by atoms with Crippen molar-refractivity contribution in [1.82, 2.24) is 4.90 Å². The van der Waals surface area contributed by atoms with Crippen LogP contribution in [0.15, 0.2) is 30.3 Å². The zero-order valence-corrected chi connectivity index (χ0v) is 12.0. The molecule has 4 nitrogen and oxygen atoms in total. The zero-order valence-electron chi connectivity index (χ0n) is 12.0. The van der Waals surface area contributed by atoms with Crippen molar-refractivity contribution in [2.45, 2.75) is 26.0 Å². The lowest BCUT2D eigenvalue weighted by Crippen LogP contribution is -2.47. The molecule has 0 saturated carbocycles. The first-order chi connectivity index (χ1) is 9.44. The van der Waals surface area contributed by atoms with Crippen LogP contribution in [-0.4, -0.2) is 41.3 Å². The highest BCUT2D eigenvalue weighted by molar-refractivity contribution is 5.85. The number of morpholine rings is 1. The average Bonchev–Trinajstić information content (AvgIpc) is 2.35. The molecule has 1 aromatic rings. The highest BCUT2D eigenvalue weighted by atomic mass is 16.5. The highest BCUT2D eigenvalue weighted by Crippen LogP contribution is 2.19. The summed E-state index contributed by atoms with van der Waals surface area (Å²) in [4.78, 5) is 12.9. The summed E-state index contributed by atoms with van der Waals surface area (Å²) in [5.74, 6) is -0.926. The molecule has 0 radical (unpaired) electrons. The number of carboxylic acid groups (broad SMARTS) is 1. The van der Waals surface area contributed by atoms with E-state index >= 15 is 0 Å². The van der Waals surface area contributed by atoms with Crippen molar-refractivity contribution in [2.75, 3.05) is 19.7 Å². The van der Waals surface area contributed by atoms with Crippen LogP contribution in [0.2, 0.25) is 0 Å². The van der Waals surface area contributed by atoms with Crippen LogP contribution in [0.25, 0.3) is 6.08 Å². The maximum atomic E-state index is 10.5. The predicted molar refractivity (Wildman–Crippen MR) is 78.4 cm³/mol.